The molecule has 1 aliphatic heterocycles. The molecule has 1 rings (SSSR count). The monoisotopic (exact) mass is 169 g/mol. The number of rotatable bonds is 2. The third-order valence-corrected chi connectivity index (χ3v) is 2.87. The second kappa shape index (κ2) is 3.92. The molecule has 0 spiro atoms. The van der Waals surface area contributed by atoms with Crippen LogP contribution < -0.4 is 0 Å². The molecule has 0 bridgehead atoms. The number of carbonyl (C=O) groups is 1. The van der Waals surface area contributed by atoms with Crippen molar-refractivity contribution in [3.8, 4) is 0 Å². The Balaban J connectivity index is 2.51. The quantitative estimate of drug-likeness (QED) is 0.619. The molecule has 1 saturated heterocycles. The minimum Gasteiger partial charge on any atom is -0.340 e. The second-order valence-electron chi connectivity index (χ2n) is 3.83. The molecular formula is C10H19NO. The summed E-state index contributed by atoms with van der Waals surface area (Å²) in [5.41, 5.74) is 0. The van der Waals surface area contributed by atoms with Crippen LogP contribution in [0.25, 0.3) is 0 Å². The van der Waals surface area contributed by atoms with E-state index in [-0.39, 0.29) is 5.92 Å². The molecule has 1 fully saturated rings. The van der Waals surface area contributed by atoms with Crippen LogP contribution in [0.15, 0.2) is 0 Å². The maximum absolute atomic E-state index is 11.7. The van der Waals surface area contributed by atoms with Gasteiger partial charge in [0.2, 0.25) is 5.91 Å². The fourth-order valence-corrected chi connectivity index (χ4v) is 1.72. The molecule has 1 amide bonds. The van der Waals surface area contributed by atoms with Gasteiger partial charge < -0.3 is 4.90 Å². The molecule has 1 heterocycles. The van der Waals surface area contributed by atoms with Gasteiger partial charge in [-0.15, -0.1) is 0 Å². The predicted octanol–water partition coefficient (Wildman–Crippen LogP) is 2.04. The van der Waals surface area contributed by atoms with Crippen molar-refractivity contribution in [1.29, 1.82) is 0 Å². The number of amides is 1. The molecule has 2 heteroatoms. The maximum Gasteiger partial charge on any atom is 0.225 e. The van der Waals surface area contributed by atoms with E-state index < -0.39 is 0 Å². The molecule has 2 atom stereocenters. The molecular weight excluding hydrogens is 150 g/mol. The Morgan fingerprint density at radius 3 is 2.75 bits per heavy atom. The maximum atomic E-state index is 11.7. The van der Waals surface area contributed by atoms with Gasteiger partial charge >= 0.3 is 0 Å². The van der Waals surface area contributed by atoms with E-state index in [0.717, 1.165) is 13.0 Å². The van der Waals surface area contributed by atoms with Crippen LogP contribution in [0.3, 0.4) is 0 Å². The largest absolute Gasteiger partial charge is 0.340 e. The first-order valence-corrected chi connectivity index (χ1v) is 4.97. The van der Waals surface area contributed by atoms with Crippen LogP contribution in [-0.2, 0) is 4.79 Å². The van der Waals surface area contributed by atoms with Crippen molar-refractivity contribution in [2.24, 2.45) is 5.92 Å². The summed E-state index contributed by atoms with van der Waals surface area (Å²) in [6, 6.07) is 0.478. The first kappa shape index (κ1) is 9.56. The molecule has 1 unspecified atom stereocenters. The van der Waals surface area contributed by atoms with Crippen LogP contribution in [0.2, 0.25) is 0 Å². The minimum absolute atomic E-state index is 0.213. The van der Waals surface area contributed by atoms with Crippen LogP contribution in [0.5, 0.6) is 0 Å². The minimum atomic E-state index is 0.213. The Morgan fingerprint density at radius 1 is 1.67 bits per heavy atom. The molecule has 0 aromatic carbocycles. The Morgan fingerprint density at radius 2 is 2.33 bits per heavy atom. The number of hydrogen-bond acceptors (Lipinski definition) is 1. The highest BCUT2D eigenvalue weighted by molar-refractivity contribution is 5.78. The number of likely N-dealkylation sites (tertiary alicyclic amines) is 1. The number of carbonyl (C=O) groups excluding carboxylic acids is 1. The van der Waals surface area contributed by atoms with Gasteiger partial charge in [0, 0.05) is 18.5 Å². The van der Waals surface area contributed by atoms with Crippen LogP contribution in [-0.4, -0.2) is 23.4 Å². The van der Waals surface area contributed by atoms with Crippen LogP contribution in [0, 0.1) is 5.92 Å². The van der Waals surface area contributed by atoms with Crippen molar-refractivity contribution in [3.63, 3.8) is 0 Å². The van der Waals surface area contributed by atoms with Crippen LogP contribution >= 0.6 is 0 Å². The molecule has 0 aliphatic carbocycles. The predicted molar refractivity (Wildman–Crippen MR) is 49.9 cm³/mol. The number of hydrogen-bond donors (Lipinski definition) is 0. The van der Waals surface area contributed by atoms with Crippen molar-refractivity contribution in [3.05, 3.63) is 0 Å². The van der Waals surface area contributed by atoms with Crippen molar-refractivity contribution in [2.45, 2.75) is 46.1 Å². The third-order valence-electron chi connectivity index (χ3n) is 2.87. The lowest BCUT2D eigenvalue weighted by atomic mass is 10.1. The molecule has 0 aromatic heterocycles. The highest BCUT2D eigenvalue weighted by Crippen LogP contribution is 2.19. The van der Waals surface area contributed by atoms with E-state index in [1.54, 1.807) is 0 Å². The van der Waals surface area contributed by atoms with Gasteiger partial charge in [0.25, 0.3) is 0 Å². The molecule has 0 saturated carbocycles. The molecule has 12 heavy (non-hydrogen) atoms. The molecule has 0 N–H and O–H groups in total. The average Bonchev–Trinajstić information content (AvgIpc) is 2.48. The first-order valence-electron chi connectivity index (χ1n) is 4.97. The zero-order valence-corrected chi connectivity index (χ0v) is 8.34. The zero-order chi connectivity index (χ0) is 9.14. The Hall–Kier alpha value is -0.530. The van der Waals surface area contributed by atoms with E-state index in [2.05, 4.69) is 13.8 Å². The summed E-state index contributed by atoms with van der Waals surface area (Å²) in [6.45, 7) is 7.22. The smallest absolute Gasteiger partial charge is 0.225 e. The van der Waals surface area contributed by atoms with Crippen molar-refractivity contribution in [1.82, 2.24) is 4.90 Å². The molecule has 2 nitrogen and oxygen atoms in total. The SMILES string of the molecule is CCC(C)C(=O)N1CCC[C@H]1C. The Bertz CT molecular complexity index is 167. The fourth-order valence-electron chi connectivity index (χ4n) is 1.72. The van der Waals surface area contributed by atoms with Gasteiger partial charge in [0.15, 0.2) is 0 Å². The van der Waals surface area contributed by atoms with E-state index in [0.29, 0.717) is 11.9 Å². The second-order valence-corrected chi connectivity index (χ2v) is 3.83. The van der Waals surface area contributed by atoms with E-state index in [1.807, 2.05) is 11.8 Å². The lowest BCUT2D eigenvalue weighted by molar-refractivity contribution is -0.135. The summed E-state index contributed by atoms with van der Waals surface area (Å²) in [7, 11) is 0. The zero-order valence-electron chi connectivity index (χ0n) is 8.34. The van der Waals surface area contributed by atoms with Gasteiger partial charge in [-0.3, -0.25) is 4.79 Å². The highest BCUT2D eigenvalue weighted by Gasteiger charge is 2.27. The Labute approximate surface area is 74.9 Å². The summed E-state index contributed by atoms with van der Waals surface area (Å²) in [5, 5.41) is 0. The molecule has 0 aromatic rings. The summed E-state index contributed by atoms with van der Waals surface area (Å²) in [5.74, 6) is 0.563. The van der Waals surface area contributed by atoms with Gasteiger partial charge in [0.1, 0.15) is 0 Å². The normalized spacial score (nSPS) is 25.9. The van der Waals surface area contributed by atoms with Crippen molar-refractivity contribution >= 4 is 5.91 Å². The molecule has 1 aliphatic rings. The van der Waals surface area contributed by atoms with Gasteiger partial charge in [-0.1, -0.05) is 13.8 Å². The van der Waals surface area contributed by atoms with E-state index in [4.69, 9.17) is 0 Å². The highest BCUT2D eigenvalue weighted by atomic mass is 16.2. The van der Waals surface area contributed by atoms with Gasteiger partial charge in [-0.05, 0) is 26.2 Å². The summed E-state index contributed by atoms with van der Waals surface area (Å²) in [6.07, 6.45) is 3.33. The number of nitrogens with zero attached hydrogens (tertiary/aromatic N) is 1. The van der Waals surface area contributed by atoms with E-state index >= 15 is 0 Å². The summed E-state index contributed by atoms with van der Waals surface area (Å²) in [4.78, 5) is 13.7. The average molecular weight is 169 g/mol. The fraction of sp³-hybridized carbons (Fsp3) is 0.900. The van der Waals surface area contributed by atoms with E-state index in [9.17, 15) is 4.79 Å². The lowest BCUT2D eigenvalue weighted by Gasteiger charge is -2.24. The van der Waals surface area contributed by atoms with Gasteiger partial charge in [0.05, 0.1) is 0 Å². The van der Waals surface area contributed by atoms with Crippen LogP contribution in [0.4, 0.5) is 0 Å². The van der Waals surface area contributed by atoms with E-state index in [1.165, 1.54) is 12.8 Å². The van der Waals surface area contributed by atoms with Crippen LogP contribution in [0.1, 0.15) is 40.0 Å². The molecule has 0 radical (unpaired) electrons. The van der Waals surface area contributed by atoms with Crippen molar-refractivity contribution < 1.29 is 4.79 Å². The summed E-state index contributed by atoms with van der Waals surface area (Å²) < 4.78 is 0. The van der Waals surface area contributed by atoms with Gasteiger partial charge in [-0.25, -0.2) is 0 Å². The first-order chi connectivity index (χ1) is 5.66. The molecule has 70 valence electrons. The topological polar surface area (TPSA) is 20.3 Å². The standard InChI is InChI=1S/C10H19NO/c1-4-8(2)10(12)11-7-5-6-9(11)3/h8-9H,4-7H2,1-3H3/t8?,9-/m1/s1. The van der Waals surface area contributed by atoms with Gasteiger partial charge in [-0.2, -0.15) is 0 Å². The van der Waals surface area contributed by atoms with Crippen molar-refractivity contribution in [2.75, 3.05) is 6.54 Å². The summed E-state index contributed by atoms with van der Waals surface area (Å²) >= 11 is 0. The third kappa shape index (κ3) is 1.79. The Kier molecular flexibility index (Phi) is 3.12. The lowest BCUT2D eigenvalue weighted by Crippen LogP contribution is -2.37.